The molecule has 1 unspecified atom stereocenters. The molecule has 1 aliphatic heterocycles. The summed E-state index contributed by atoms with van der Waals surface area (Å²) in [6, 6.07) is 21.5. The van der Waals surface area contributed by atoms with Crippen molar-refractivity contribution < 1.29 is 19.2 Å². The Morgan fingerprint density at radius 3 is 2.50 bits per heavy atom. The Kier molecular flexibility index (Phi) is 6.87. The van der Waals surface area contributed by atoms with Crippen molar-refractivity contribution in [2.24, 2.45) is 0 Å². The van der Waals surface area contributed by atoms with Crippen LogP contribution in [0.2, 0.25) is 0 Å². The maximum absolute atomic E-state index is 12.9. The number of hydrogen-bond acceptors (Lipinski definition) is 6. The molecule has 0 aromatic heterocycles. The van der Waals surface area contributed by atoms with Gasteiger partial charge in [-0.05, 0) is 42.2 Å². The van der Waals surface area contributed by atoms with E-state index >= 15 is 0 Å². The summed E-state index contributed by atoms with van der Waals surface area (Å²) in [6.45, 7) is 2.93. The number of amides is 1. The molecule has 0 saturated carbocycles. The number of rotatable bonds is 7. The van der Waals surface area contributed by atoms with E-state index in [0.717, 1.165) is 17.5 Å². The molecule has 1 aliphatic rings. The lowest BCUT2D eigenvalue weighted by atomic mass is 9.99. The first-order chi connectivity index (χ1) is 16.4. The maximum Gasteiger partial charge on any atom is 0.339 e. The number of nitrogens with zero attached hydrogens (tertiary/aromatic N) is 2. The van der Waals surface area contributed by atoms with E-state index in [2.05, 4.69) is 5.32 Å². The SMILES string of the molecule is CC(OC(=O)c1ccc(NCc2ccccc2)c([N+](=O)[O-])c1)C(=O)N1CCc2ccccc2C1. The number of nitrogens with one attached hydrogen (secondary N) is 1. The summed E-state index contributed by atoms with van der Waals surface area (Å²) < 4.78 is 5.37. The Balaban J connectivity index is 1.41. The number of anilines is 1. The number of esters is 1. The molecule has 34 heavy (non-hydrogen) atoms. The summed E-state index contributed by atoms with van der Waals surface area (Å²) >= 11 is 0. The smallest absolute Gasteiger partial charge is 0.339 e. The number of hydrogen-bond donors (Lipinski definition) is 1. The predicted molar refractivity (Wildman–Crippen MR) is 127 cm³/mol. The summed E-state index contributed by atoms with van der Waals surface area (Å²) in [7, 11) is 0. The molecule has 0 fully saturated rings. The molecular formula is C26H25N3O5. The fourth-order valence-corrected chi connectivity index (χ4v) is 3.97. The van der Waals surface area contributed by atoms with E-state index in [1.54, 1.807) is 4.90 Å². The van der Waals surface area contributed by atoms with Crippen molar-refractivity contribution in [3.05, 3.63) is 105 Å². The number of ether oxygens (including phenoxy) is 1. The van der Waals surface area contributed by atoms with Gasteiger partial charge in [-0.2, -0.15) is 0 Å². The fourth-order valence-electron chi connectivity index (χ4n) is 3.97. The third-order valence-corrected chi connectivity index (χ3v) is 5.83. The fraction of sp³-hybridized carbons (Fsp3) is 0.231. The average molecular weight is 460 g/mol. The second kappa shape index (κ2) is 10.2. The molecule has 0 bridgehead atoms. The van der Waals surface area contributed by atoms with Crippen LogP contribution in [0.25, 0.3) is 0 Å². The lowest BCUT2D eigenvalue weighted by Gasteiger charge is -2.30. The number of fused-ring (bicyclic) bond motifs is 1. The lowest BCUT2D eigenvalue weighted by molar-refractivity contribution is -0.384. The second-order valence-electron chi connectivity index (χ2n) is 8.15. The van der Waals surface area contributed by atoms with Crippen molar-refractivity contribution in [3.63, 3.8) is 0 Å². The Morgan fingerprint density at radius 1 is 1.06 bits per heavy atom. The van der Waals surface area contributed by atoms with Crippen LogP contribution in [-0.2, 0) is 29.0 Å². The van der Waals surface area contributed by atoms with Gasteiger partial charge in [0, 0.05) is 25.7 Å². The van der Waals surface area contributed by atoms with Gasteiger partial charge < -0.3 is 15.0 Å². The summed E-state index contributed by atoms with van der Waals surface area (Å²) in [6.07, 6.45) is -0.264. The van der Waals surface area contributed by atoms with Gasteiger partial charge in [0.1, 0.15) is 5.69 Å². The molecule has 8 heteroatoms. The van der Waals surface area contributed by atoms with Gasteiger partial charge >= 0.3 is 5.97 Å². The van der Waals surface area contributed by atoms with Crippen LogP contribution in [0.5, 0.6) is 0 Å². The van der Waals surface area contributed by atoms with Gasteiger partial charge in [0.2, 0.25) is 0 Å². The number of carbonyl (C=O) groups excluding carboxylic acids is 2. The topological polar surface area (TPSA) is 102 Å². The third-order valence-electron chi connectivity index (χ3n) is 5.83. The predicted octanol–water partition coefficient (Wildman–Crippen LogP) is 4.34. The first-order valence-electron chi connectivity index (χ1n) is 11.0. The molecule has 1 N–H and O–H groups in total. The van der Waals surface area contributed by atoms with Crippen molar-refractivity contribution in [2.45, 2.75) is 32.5 Å². The summed E-state index contributed by atoms with van der Waals surface area (Å²) in [5, 5.41) is 14.6. The number of nitro groups is 1. The summed E-state index contributed by atoms with van der Waals surface area (Å²) in [4.78, 5) is 38.2. The molecule has 8 nitrogen and oxygen atoms in total. The van der Waals surface area contributed by atoms with Crippen LogP contribution >= 0.6 is 0 Å². The Morgan fingerprint density at radius 2 is 1.76 bits per heavy atom. The zero-order valence-corrected chi connectivity index (χ0v) is 18.8. The molecule has 3 aromatic rings. The van der Waals surface area contributed by atoms with Crippen LogP contribution in [0.4, 0.5) is 11.4 Å². The number of benzene rings is 3. The van der Waals surface area contributed by atoms with Crippen LogP contribution in [0, 0.1) is 10.1 Å². The van der Waals surface area contributed by atoms with E-state index in [1.807, 2.05) is 54.6 Å². The minimum absolute atomic E-state index is 0.0144. The largest absolute Gasteiger partial charge is 0.449 e. The van der Waals surface area contributed by atoms with Gasteiger partial charge in [-0.3, -0.25) is 14.9 Å². The van der Waals surface area contributed by atoms with Crippen molar-refractivity contribution in [1.82, 2.24) is 4.90 Å². The van der Waals surface area contributed by atoms with Crippen molar-refractivity contribution in [3.8, 4) is 0 Å². The molecule has 0 aliphatic carbocycles. The molecule has 0 spiro atoms. The van der Waals surface area contributed by atoms with Gasteiger partial charge in [-0.1, -0.05) is 54.6 Å². The molecule has 0 saturated heterocycles. The highest BCUT2D eigenvalue weighted by Gasteiger charge is 2.28. The molecule has 1 amide bonds. The summed E-state index contributed by atoms with van der Waals surface area (Å²) in [5.74, 6) is -1.07. The van der Waals surface area contributed by atoms with Crippen LogP contribution < -0.4 is 5.32 Å². The van der Waals surface area contributed by atoms with Crippen molar-refractivity contribution >= 4 is 23.3 Å². The highest BCUT2D eigenvalue weighted by atomic mass is 16.6. The number of nitro benzene ring substituents is 1. The van der Waals surface area contributed by atoms with Crippen molar-refractivity contribution in [2.75, 3.05) is 11.9 Å². The van der Waals surface area contributed by atoms with Crippen LogP contribution in [0.3, 0.4) is 0 Å². The summed E-state index contributed by atoms with van der Waals surface area (Å²) in [5.41, 5.74) is 3.33. The van der Waals surface area contributed by atoms with Gasteiger partial charge in [-0.15, -0.1) is 0 Å². The first kappa shape index (κ1) is 23.0. The maximum atomic E-state index is 12.9. The standard InChI is InChI=1S/C26H25N3O5/c1-18(25(30)28-14-13-20-9-5-6-10-22(20)17-28)34-26(31)21-11-12-23(24(15-21)29(32)33)27-16-19-7-3-2-4-8-19/h2-12,15,18,27H,13-14,16-17H2,1H3. The minimum Gasteiger partial charge on any atom is -0.449 e. The normalized spacial score (nSPS) is 13.5. The molecular weight excluding hydrogens is 434 g/mol. The Hall–Kier alpha value is -4.20. The zero-order chi connectivity index (χ0) is 24.1. The molecule has 174 valence electrons. The lowest BCUT2D eigenvalue weighted by Crippen LogP contribution is -2.42. The van der Waals surface area contributed by atoms with E-state index in [1.165, 1.54) is 30.7 Å². The highest BCUT2D eigenvalue weighted by molar-refractivity contribution is 5.93. The van der Waals surface area contributed by atoms with E-state index < -0.39 is 17.0 Å². The molecule has 4 rings (SSSR count). The molecule has 0 radical (unpaired) electrons. The monoisotopic (exact) mass is 459 g/mol. The minimum atomic E-state index is -1.01. The quantitative estimate of drug-likeness (QED) is 0.320. The first-order valence-corrected chi connectivity index (χ1v) is 11.0. The zero-order valence-electron chi connectivity index (χ0n) is 18.8. The molecule has 1 atom stereocenters. The van der Waals surface area contributed by atoms with Gasteiger partial charge in [0.25, 0.3) is 11.6 Å². The van der Waals surface area contributed by atoms with Gasteiger partial charge in [-0.25, -0.2) is 4.79 Å². The van der Waals surface area contributed by atoms with E-state index in [4.69, 9.17) is 4.74 Å². The molecule has 3 aromatic carbocycles. The highest BCUT2D eigenvalue weighted by Crippen LogP contribution is 2.27. The van der Waals surface area contributed by atoms with Crippen molar-refractivity contribution in [1.29, 1.82) is 0 Å². The second-order valence-corrected chi connectivity index (χ2v) is 8.15. The van der Waals surface area contributed by atoms with Crippen LogP contribution in [-0.4, -0.2) is 34.3 Å². The Labute approximate surface area is 197 Å². The van der Waals surface area contributed by atoms with E-state index in [0.29, 0.717) is 25.3 Å². The van der Waals surface area contributed by atoms with Gasteiger partial charge in [0.05, 0.1) is 10.5 Å². The van der Waals surface area contributed by atoms with E-state index in [9.17, 15) is 19.7 Å². The van der Waals surface area contributed by atoms with Crippen LogP contribution in [0.15, 0.2) is 72.8 Å². The van der Waals surface area contributed by atoms with Crippen LogP contribution in [0.1, 0.15) is 34.0 Å². The average Bonchev–Trinajstić information content (AvgIpc) is 2.87. The Bertz CT molecular complexity index is 1210. The van der Waals surface area contributed by atoms with E-state index in [-0.39, 0.29) is 17.2 Å². The molecule has 1 heterocycles. The van der Waals surface area contributed by atoms with Gasteiger partial charge in [0.15, 0.2) is 6.10 Å². The third kappa shape index (κ3) is 5.23. The number of carbonyl (C=O) groups is 2.